The molecule has 12 heteroatoms. The molecule has 30 heavy (non-hydrogen) atoms. The van der Waals surface area contributed by atoms with Crippen molar-refractivity contribution in [1.29, 1.82) is 0 Å². The Kier molecular flexibility index (Phi) is 5.54. The van der Waals surface area contributed by atoms with E-state index in [4.69, 9.17) is 16.9 Å². The number of aromatic amines is 1. The van der Waals surface area contributed by atoms with Crippen LogP contribution >= 0.6 is 11.8 Å². The van der Waals surface area contributed by atoms with Crippen LogP contribution in [0.1, 0.15) is 25.3 Å². The summed E-state index contributed by atoms with van der Waals surface area (Å²) in [6.45, 7) is 3.71. The molecule has 0 aliphatic heterocycles. The van der Waals surface area contributed by atoms with E-state index in [9.17, 15) is 23.4 Å². The summed E-state index contributed by atoms with van der Waals surface area (Å²) in [5, 5.41) is 32.0. The molecule has 0 spiro atoms. The molecule has 0 bridgehead atoms. The minimum Gasteiger partial charge on any atom is -0.508 e. The number of H-pyrrole nitrogens is 1. The Morgan fingerprint density at radius 3 is 2.43 bits per heavy atom. The quantitative estimate of drug-likeness (QED) is 0.430. The molecule has 160 valence electrons. The van der Waals surface area contributed by atoms with Crippen LogP contribution in [0.25, 0.3) is 17.1 Å². The first-order valence-electron chi connectivity index (χ1n) is 8.72. The number of primary sulfonamides is 1. The molecular formula is C18H20ClN5O5S. The van der Waals surface area contributed by atoms with Gasteiger partial charge in [0.25, 0.3) is 0 Å². The molecule has 0 aliphatic rings. The average molecular weight is 454 g/mol. The summed E-state index contributed by atoms with van der Waals surface area (Å²) in [4.78, 5) is 12.2. The normalized spacial score (nSPS) is 11.8. The highest BCUT2D eigenvalue weighted by atomic mass is 35.5. The monoisotopic (exact) mass is 453 g/mol. The van der Waals surface area contributed by atoms with E-state index < -0.39 is 15.7 Å². The van der Waals surface area contributed by atoms with Crippen molar-refractivity contribution in [3.8, 4) is 28.6 Å². The number of anilines is 1. The van der Waals surface area contributed by atoms with Gasteiger partial charge in [-0.3, -0.25) is 4.42 Å². The first-order valence-corrected chi connectivity index (χ1v) is 10.6. The molecule has 10 nitrogen and oxygen atoms in total. The largest absolute Gasteiger partial charge is 0.508 e. The Bertz CT molecular complexity index is 1280. The lowest BCUT2D eigenvalue weighted by Crippen LogP contribution is -2.19. The number of aromatic hydroxyl groups is 2. The van der Waals surface area contributed by atoms with E-state index in [1.165, 1.54) is 31.3 Å². The number of benzene rings is 2. The third-order valence-electron chi connectivity index (χ3n) is 4.52. The second kappa shape index (κ2) is 7.67. The zero-order valence-corrected chi connectivity index (χ0v) is 17.9. The molecule has 1 heterocycles. The molecule has 0 atom stereocenters. The summed E-state index contributed by atoms with van der Waals surface area (Å²) < 4.78 is 26.2. The van der Waals surface area contributed by atoms with Gasteiger partial charge in [-0.15, -0.1) is 0 Å². The summed E-state index contributed by atoms with van der Waals surface area (Å²) in [6, 6.07) is 6.72. The molecule has 0 radical (unpaired) electrons. The number of rotatable bonds is 5. The fourth-order valence-electron chi connectivity index (χ4n) is 3.08. The van der Waals surface area contributed by atoms with Crippen molar-refractivity contribution in [2.45, 2.75) is 24.7 Å². The van der Waals surface area contributed by atoms with E-state index in [0.717, 1.165) is 15.1 Å². The van der Waals surface area contributed by atoms with Gasteiger partial charge in [-0.2, -0.15) is 5.10 Å². The zero-order valence-electron chi connectivity index (χ0n) is 16.3. The van der Waals surface area contributed by atoms with Gasteiger partial charge in [0.15, 0.2) is 5.82 Å². The van der Waals surface area contributed by atoms with E-state index in [0.29, 0.717) is 5.56 Å². The van der Waals surface area contributed by atoms with Gasteiger partial charge in [0.05, 0.1) is 16.9 Å². The topological polar surface area (TPSA) is 155 Å². The van der Waals surface area contributed by atoms with Crippen molar-refractivity contribution >= 4 is 27.5 Å². The van der Waals surface area contributed by atoms with Crippen LogP contribution in [0.3, 0.4) is 0 Å². The van der Waals surface area contributed by atoms with Crippen LogP contribution in [0, 0.1) is 0 Å². The van der Waals surface area contributed by atoms with E-state index in [1.807, 2.05) is 13.8 Å². The molecule has 0 unspecified atom stereocenters. The third-order valence-corrected chi connectivity index (χ3v) is 5.64. The smallest absolute Gasteiger partial charge is 0.348 e. The molecule has 2 aromatic carbocycles. The van der Waals surface area contributed by atoms with Crippen LogP contribution in [0.15, 0.2) is 40.0 Å². The lowest BCUT2D eigenvalue weighted by atomic mass is 9.98. The number of halogens is 1. The van der Waals surface area contributed by atoms with Crippen LogP contribution in [0.4, 0.5) is 5.69 Å². The molecule has 0 fully saturated rings. The van der Waals surface area contributed by atoms with E-state index >= 15 is 0 Å². The Hall–Kier alpha value is -3.02. The number of hydrogen-bond donors (Lipinski definition) is 4. The number of phenols is 2. The standard InChI is InChI=1S/C18H20ClN5O5S/c1-9(2)11-7-12(15(26)8-14(11)25)17-21-22-18(27)24(17)10-4-5-13(23(3)19)16(6-10)30(20,28)29/h4-9,25-26H,1-3H3,(H,22,27)(H2,20,28,29). The fraction of sp³-hybridized carbons (Fsp3) is 0.222. The molecule has 0 amide bonds. The zero-order chi connectivity index (χ0) is 22.4. The van der Waals surface area contributed by atoms with E-state index in [2.05, 4.69) is 10.2 Å². The van der Waals surface area contributed by atoms with Gasteiger partial charge in [-0.1, -0.05) is 13.8 Å². The fourth-order valence-corrected chi connectivity index (χ4v) is 4.06. The lowest BCUT2D eigenvalue weighted by Gasteiger charge is -2.16. The second-order valence-electron chi connectivity index (χ2n) is 6.94. The van der Waals surface area contributed by atoms with Crippen LogP contribution in [0.5, 0.6) is 11.5 Å². The van der Waals surface area contributed by atoms with E-state index in [-0.39, 0.29) is 45.1 Å². The van der Waals surface area contributed by atoms with Crippen LogP contribution in [-0.4, -0.2) is 40.4 Å². The molecular weight excluding hydrogens is 434 g/mol. The molecule has 3 aromatic rings. The molecule has 0 saturated heterocycles. The number of nitrogens with zero attached hydrogens (tertiary/aromatic N) is 3. The highest BCUT2D eigenvalue weighted by Gasteiger charge is 2.22. The summed E-state index contributed by atoms with van der Waals surface area (Å²) in [5.41, 5.74) is 0.291. The highest BCUT2D eigenvalue weighted by molar-refractivity contribution is 7.89. The predicted molar refractivity (Wildman–Crippen MR) is 113 cm³/mol. The highest BCUT2D eigenvalue weighted by Crippen LogP contribution is 2.37. The van der Waals surface area contributed by atoms with Crippen molar-refractivity contribution in [3.05, 3.63) is 46.4 Å². The first kappa shape index (κ1) is 21.7. The second-order valence-corrected chi connectivity index (χ2v) is 8.98. The Labute approximate surface area is 177 Å². The number of aromatic nitrogens is 3. The lowest BCUT2D eigenvalue weighted by molar-refractivity contribution is 0.444. The van der Waals surface area contributed by atoms with Gasteiger partial charge in [0.1, 0.15) is 16.4 Å². The maximum absolute atomic E-state index is 12.5. The maximum Gasteiger partial charge on any atom is 0.348 e. The summed E-state index contributed by atoms with van der Waals surface area (Å²) in [7, 11) is -2.74. The van der Waals surface area contributed by atoms with Gasteiger partial charge in [-0.25, -0.2) is 28.0 Å². The Morgan fingerprint density at radius 1 is 1.20 bits per heavy atom. The van der Waals surface area contributed by atoms with Crippen molar-refractivity contribution < 1.29 is 18.6 Å². The van der Waals surface area contributed by atoms with E-state index in [1.54, 1.807) is 0 Å². The van der Waals surface area contributed by atoms with Crippen LogP contribution in [0.2, 0.25) is 0 Å². The number of hydrogen-bond acceptors (Lipinski definition) is 7. The minimum atomic E-state index is -4.17. The number of nitrogens with two attached hydrogens (primary N) is 1. The Balaban J connectivity index is 2.30. The van der Waals surface area contributed by atoms with Crippen molar-refractivity contribution in [2.75, 3.05) is 11.5 Å². The minimum absolute atomic E-state index is 0.0201. The average Bonchev–Trinajstić information content (AvgIpc) is 3.01. The van der Waals surface area contributed by atoms with Crippen molar-refractivity contribution in [3.63, 3.8) is 0 Å². The third kappa shape index (κ3) is 3.86. The number of sulfonamides is 1. The van der Waals surface area contributed by atoms with Crippen LogP contribution in [-0.2, 0) is 10.0 Å². The van der Waals surface area contributed by atoms with Gasteiger partial charge in [-0.05, 0) is 35.7 Å². The Morgan fingerprint density at radius 2 is 1.87 bits per heavy atom. The molecule has 3 rings (SSSR count). The summed E-state index contributed by atoms with van der Waals surface area (Å²) in [5.74, 6) is -0.453. The van der Waals surface area contributed by atoms with Crippen molar-refractivity contribution in [2.24, 2.45) is 5.14 Å². The molecule has 5 N–H and O–H groups in total. The number of nitrogens with one attached hydrogen (secondary N) is 1. The first-order chi connectivity index (χ1) is 13.9. The maximum atomic E-state index is 12.5. The SMILES string of the molecule is CC(C)c1cc(-c2n[nH]c(=O)n2-c2ccc(N(C)Cl)c(S(N)(=O)=O)c2)c(O)cc1O. The predicted octanol–water partition coefficient (Wildman–Crippen LogP) is 2.00. The number of phenolic OH excluding ortho intramolecular Hbond substituents is 2. The summed E-state index contributed by atoms with van der Waals surface area (Å²) in [6.07, 6.45) is 0. The van der Waals surface area contributed by atoms with Gasteiger partial charge < -0.3 is 10.2 Å². The van der Waals surface area contributed by atoms with Crippen LogP contribution < -0.4 is 15.2 Å². The molecule has 1 aromatic heterocycles. The molecule has 0 saturated carbocycles. The van der Waals surface area contributed by atoms with Gasteiger partial charge >= 0.3 is 5.69 Å². The van der Waals surface area contributed by atoms with Crippen molar-refractivity contribution in [1.82, 2.24) is 14.8 Å². The van der Waals surface area contributed by atoms with Gasteiger partial charge in [0.2, 0.25) is 10.0 Å². The van der Waals surface area contributed by atoms with Gasteiger partial charge in [0, 0.05) is 24.9 Å². The summed E-state index contributed by atoms with van der Waals surface area (Å²) >= 11 is 5.90. The molecule has 0 aliphatic carbocycles.